The number of methoxy groups -OCH3 is 1. The van der Waals surface area contributed by atoms with Crippen LogP contribution in [-0.4, -0.2) is 34.2 Å². The second-order valence-corrected chi connectivity index (χ2v) is 3.68. The highest BCUT2D eigenvalue weighted by Crippen LogP contribution is 2.38. The lowest BCUT2D eigenvalue weighted by Gasteiger charge is -2.12. The molecular weight excluding hydrogens is 222 g/mol. The monoisotopic (exact) mass is 239 g/mol. The fourth-order valence-electron chi connectivity index (χ4n) is 1.66. The molecule has 1 N–H and O–H groups in total. The number of nitrogens with one attached hydrogen (secondary N) is 1. The largest absolute Gasteiger partial charge is 0.491 e. The maximum atomic E-state index is 5.65. The van der Waals surface area contributed by atoms with Gasteiger partial charge < -0.3 is 24.3 Å². The number of hydrogen-bond donors (Lipinski definition) is 1. The quantitative estimate of drug-likeness (QED) is 0.755. The van der Waals surface area contributed by atoms with Gasteiger partial charge in [-0.05, 0) is 13.1 Å². The average molecular weight is 239 g/mol. The first-order valence-electron chi connectivity index (χ1n) is 5.54. The second-order valence-electron chi connectivity index (χ2n) is 3.68. The number of rotatable bonds is 6. The predicted octanol–water partition coefficient (Wildman–Crippen LogP) is 1.16. The number of ether oxygens (including phenoxy) is 4. The number of hydrogen-bond acceptors (Lipinski definition) is 5. The fraction of sp³-hybridized carbons (Fsp3) is 0.500. The molecule has 1 aliphatic rings. The molecule has 0 saturated heterocycles. The minimum atomic E-state index is 0.274. The highest BCUT2D eigenvalue weighted by Gasteiger charge is 2.17. The lowest BCUT2D eigenvalue weighted by molar-refractivity contribution is 0.145. The zero-order valence-corrected chi connectivity index (χ0v) is 10.1. The summed E-state index contributed by atoms with van der Waals surface area (Å²) in [4.78, 5) is 0. The van der Waals surface area contributed by atoms with Gasteiger partial charge in [0.25, 0.3) is 0 Å². The van der Waals surface area contributed by atoms with Gasteiger partial charge in [-0.3, -0.25) is 0 Å². The van der Waals surface area contributed by atoms with E-state index in [-0.39, 0.29) is 6.79 Å². The Kier molecular flexibility index (Phi) is 4.06. The average Bonchev–Trinajstić information content (AvgIpc) is 2.77. The highest BCUT2D eigenvalue weighted by atomic mass is 16.7. The molecule has 0 spiro atoms. The van der Waals surface area contributed by atoms with Gasteiger partial charge in [-0.15, -0.1) is 0 Å². The summed E-state index contributed by atoms with van der Waals surface area (Å²) in [5.74, 6) is 2.31. The van der Waals surface area contributed by atoms with Crippen LogP contribution >= 0.6 is 0 Å². The Bertz CT molecular complexity index is 381. The van der Waals surface area contributed by atoms with Crippen molar-refractivity contribution in [1.29, 1.82) is 0 Å². The normalized spacial score (nSPS) is 12.8. The van der Waals surface area contributed by atoms with Crippen molar-refractivity contribution >= 4 is 0 Å². The molecule has 5 heteroatoms. The molecule has 1 aromatic rings. The third kappa shape index (κ3) is 2.81. The van der Waals surface area contributed by atoms with Crippen LogP contribution in [0.5, 0.6) is 17.2 Å². The predicted molar refractivity (Wildman–Crippen MR) is 62.7 cm³/mol. The van der Waals surface area contributed by atoms with Crippen molar-refractivity contribution in [1.82, 2.24) is 5.32 Å². The van der Waals surface area contributed by atoms with Crippen molar-refractivity contribution in [3.8, 4) is 17.2 Å². The molecule has 0 aliphatic carbocycles. The molecule has 0 aromatic heterocycles. The van der Waals surface area contributed by atoms with Crippen molar-refractivity contribution in [2.45, 2.75) is 6.54 Å². The van der Waals surface area contributed by atoms with Gasteiger partial charge in [0, 0.05) is 25.3 Å². The van der Waals surface area contributed by atoms with Crippen LogP contribution in [0.25, 0.3) is 0 Å². The smallest absolute Gasteiger partial charge is 0.231 e. The fourth-order valence-corrected chi connectivity index (χ4v) is 1.66. The van der Waals surface area contributed by atoms with Crippen molar-refractivity contribution in [2.75, 3.05) is 34.2 Å². The van der Waals surface area contributed by atoms with Crippen LogP contribution < -0.4 is 19.5 Å². The van der Waals surface area contributed by atoms with Gasteiger partial charge >= 0.3 is 0 Å². The summed E-state index contributed by atoms with van der Waals surface area (Å²) in [6.45, 7) is 2.08. The van der Waals surface area contributed by atoms with Gasteiger partial charge in [-0.2, -0.15) is 0 Å². The number of fused-ring (bicyclic) bond motifs is 1. The van der Waals surface area contributed by atoms with E-state index in [9.17, 15) is 0 Å². The molecule has 0 unspecified atom stereocenters. The van der Waals surface area contributed by atoms with Gasteiger partial charge in [0.1, 0.15) is 12.4 Å². The third-order valence-corrected chi connectivity index (χ3v) is 2.47. The Balaban J connectivity index is 2.15. The second kappa shape index (κ2) is 5.75. The summed E-state index contributed by atoms with van der Waals surface area (Å²) in [6, 6.07) is 3.81. The topological polar surface area (TPSA) is 49.0 Å². The number of benzene rings is 1. The molecule has 0 saturated carbocycles. The summed E-state index contributed by atoms with van der Waals surface area (Å²) < 4.78 is 21.3. The molecule has 94 valence electrons. The van der Waals surface area contributed by atoms with Crippen LogP contribution in [0.15, 0.2) is 12.1 Å². The van der Waals surface area contributed by atoms with E-state index in [0.717, 1.165) is 29.4 Å². The molecule has 0 radical (unpaired) electrons. The Hall–Kier alpha value is -1.46. The molecule has 0 bridgehead atoms. The van der Waals surface area contributed by atoms with Crippen LogP contribution in [0.2, 0.25) is 0 Å². The Morgan fingerprint density at radius 1 is 1.24 bits per heavy atom. The van der Waals surface area contributed by atoms with E-state index < -0.39 is 0 Å². The van der Waals surface area contributed by atoms with Gasteiger partial charge in [-0.25, -0.2) is 0 Å². The molecule has 17 heavy (non-hydrogen) atoms. The van der Waals surface area contributed by atoms with Crippen molar-refractivity contribution in [3.63, 3.8) is 0 Å². The van der Waals surface area contributed by atoms with E-state index in [4.69, 9.17) is 18.9 Å². The lowest BCUT2D eigenvalue weighted by Crippen LogP contribution is -2.10. The minimum absolute atomic E-state index is 0.274. The van der Waals surface area contributed by atoms with Gasteiger partial charge in [0.2, 0.25) is 6.79 Å². The van der Waals surface area contributed by atoms with Crippen LogP contribution in [0.4, 0.5) is 0 Å². The molecular formula is C12H17NO4. The molecule has 0 fully saturated rings. The maximum absolute atomic E-state index is 5.65. The van der Waals surface area contributed by atoms with E-state index in [1.54, 1.807) is 7.11 Å². The Labute approximate surface area is 101 Å². The van der Waals surface area contributed by atoms with E-state index in [0.29, 0.717) is 13.2 Å². The molecule has 5 nitrogen and oxygen atoms in total. The first-order chi connectivity index (χ1) is 8.35. The SMILES string of the molecule is CNCc1cc2c(cc1OCCOC)OCO2. The molecule has 0 amide bonds. The molecule has 1 heterocycles. The minimum Gasteiger partial charge on any atom is -0.491 e. The molecule has 2 rings (SSSR count). The van der Waals surface area contributed by atoms with Crippen molar-refractivity contribution in [3.05, 3.63) is 17.7 Å². The van der Waals surface area contributed by atoms with E-state index in [1.165, 1.54) is 0 Å². The van der Waals surface area contributed by atoms with Gasteiger partial charge in [0.15, 0.2) is 11.5 Å². The summed E-state index contributed by atoms with van der Waals surface area (Å²) >= 11 is 0. The summed E-state index contributed by atoms with van der Waals surface area (Å²) in [5.41, 5.74) is 1.05. The summed E-state index contributed by atoms with van der Waals surface area (Å²) in [6.07, 6.45) is 0. The Morgan fingerprint density at radius 3 is 2.71 bits per heavy atom. The standard InChI is InChI=1S/C12H17NO4/c1-13-7-9-5-11-12(17-8-16-11)6-10(9)15-4-3-14-2/h5-6,13H,3-4,7-8H2,1-2H3. The van der Waals surface area contributed by atoms with E-state index in [1.807, 2.05) is 19.2 Å². The summed E-state index contributed by atoms with van der Waals surface area (Å²) in [7, 11) is 3.54. The molecule has 1 aliphatic heterocycles. The summed E-state index contributed by atoms with van der Waals surface area (Å²) in [5, 5.41) is 3.10. The maximum Gasteiger partial charge on any atom is 0.231 e. The van der Waals surface area contributed by atoms with Crippen LogP contribution in [-0.2, 0) is 11.3 Å². The van der Waals surface area contributed by atoms with Gasteiger partial charge in [-0.1, -0.05) is 0 Å². The third-order valence-electron chi connectivity index (χ3n) is 2.47. The van der Waals surface area contributed by atoms with Gasteiger partial charge in [0.05, 0.1) is 6.61 Å². The van der Waals surface area contributed by atoms with Crippen molar-refractivity contribution < 1.29 is 18.9 Å². The van der Waals surface area contributed by atoms with Crippen LogP contribution in [0.1, 0.15) is 5.56 Å². The first-order valence-corrected chi connectivity index (χ1v) is 5.54. The van der Waals surface area contributed by atoms with E-state index >= 15 is 0 Å². The zero-order chi connectivity index (χ0) is 12.1. The van der Waals surface area contributed by atoms with Crippen LogP contribution in [0, 0.1) is 0 Å². The van der Waals surface area contributed by atoms with Crippen LogP contribution in [0.3, 0.4) is 0 Å². The van der Waals surface area contributed by atoms with E-state index in [2.05, 4.69) is 5.32 Å². The lowest BCUT2D eigenvalue weighted by atomic mass is 10.1. The first kappa shape index (κ1) is 12.0. The molecule has 0 atom stereocenters. The zero-order valence-electron chi connectivity index (χ0n) is 10.1. The molecule has 1 aromatic carbocycles. The van der Waals surface area contributed by atoms with Crippen molar-refractivity contribution in [2.24, 2.45) is 0 Å². The highest BCUT2D eigenvalue weighted by molar-refractivity contribution is 5.51. The Morgan fingerprint density at radius 2 is 2.00 bits per heavy atom.